The zero-order valence-corrected chi connectivity index (χ0v) is 11.3. The molecule has 1 amide bonds. The third-order valence-corrected chi connectivity index (χ3v) is 2.67. The molecule has 0 saturated carbocycles. The average molecular weight is 270 g/mol. The molecule has 0 aliphatic rings. The Labute approximate surface area is 116 Å². The van der Waals surface area contributed by atoms with E-state index in [9.17, 15) is 10.1 Å². The number of nitriles is 1. The molecule has 0 fully saturated rings. The fraction of sp³-hybridized carbons (Fsp3) is 0.286. The molecule has 2 rings (SSSR count). The molecular formula is C14H14N4O2. The van der Waals surface area contributed by atoms with Gasteiger partial charge in [-0.1, -0.05) is 0 Å². The molecule has 6 nitrogen and oxygen atoms in total. The molecule has 0 bridgehead atoms. The highest BCUT2D eigenvalue weighted by atomic mass is 16.3. The van der Waals surface area contributed by atoms with E-state index >= 15 is 0 Å². The number of hydrogen-bond donors (Lipinski definition) is 1. The predicted molar refractivity (Wildman–Crippen MR) is 70.4 cm³/mol. The van der Waals surface area contributed by atoms with Gasteiger partial charge in [0.15, 0.2) is 11.7 Å². The van der Waals surface area contributed by atoms with Crippen molar-refractivity contribution in [1.82, 2.24) is 15.3 Å². The van der Waals surface area contributed by atoms with Crippen molar-refractivity contribution in [1.29, 1.82) is 5.26 Å². The Bertz CT molecular complexity index is 623. The van der Waals surface area contributed by atoms with Gasteiger partial charge in [0.05, 0.1) is 18.9 Å². The van der Waals surface area contributed by atoms with Crippen molar-refractivity contribution >= 4 is 5.91 Å². The highest BCUT2D eigenvalue weighted by molar-refractivity contribution is 5.85. The van der Waals surface area contributed by atoms with E-state index < -0.39 is 11.8 Å². The first-order valence-electron chi connectivity index (χ1n) is 6.12. The van der Waals surface area contributed by atoms with Gasteiger partial charge in [-0.3, -0.25) is 4.79 Å². The van der Waals surface area contributed by atoms with E-state index in [0.29, 0.717) is 5.76 Å². The topological polar surface area (TPSA) is 91.8 Å². The molecule has 2 aromatic rings. The van der Waals surface area contributed by atoms with Crippen LogP contribution >= 0.6 is 0 Å². The number of hydrogen-bond acceptors (Lipinski definition) is 5. The molecule has 0 aliphatic carbocycles. The molecule has 0 aliphatic heterocycles. The van der Waals surface area contributed by atoms with Crippen LogP contribution in [0.3, 0.4) is 0 Å². The van der Waals surface area contributed by atoms with Crippen LogP contribution in [0, 0.1) is 25.2 Å². The second kappa shape index (κ2) is 5.97. The number of nitrogens with zero attached hydrogens (tertiary/aromatic N) is 3. The fourth-order valence-corrected chi connectivity index (χ4v) is 1.81. The van der Waals surface area contributed by atoms with Crippen molar-refractivity contribution in [3.05, 3.63) is 47.4 Å². The quantitative estimate of drug-likeness (QED) is 0.911. The van der Waals surface area contributed by atoms with Crippen LogP contribution in [0.2, 0.25) is 0 Å². The summed E-state index contributed by atoms with van der Waals surface area (Å²) in [6.45, 7) is 3.83. The maximum Gasteiger partial charge on any atom is 0.245 e. The van der Waals surface area contributed by atoms with Crippen LogP contribution in [-0.4, -0.2) is 15.9 Å². The van der Waals surface area contributed by atoms with Crippen LogP contribution in [0.15, 0.2) is 28.9 Å². The Morgan fingerprint density at radius 3 is 2.70 bits per heavy atom. The molecule has 102 valence electrons. The first kappa shape index (κ1) is 13.7. The fourth-order valence-electron chi connectivity index (χ4n) is 1.81. The number of furan rings is 1. The van der Waals surface area contributed by atoms with E-state index in [1.165, 1.54) is 6.26 Å². The monoisotopic (exact) mass is 270 g/mol. The van der Waals surface area contributed by atoms with Crippen LogP contribution in [0.25, 0.3) is 0 Å². The number of carbonyl (C=O) groups is 1. The normalized spacial score (nSPS) is 11.7. The van der Waals surface area contributed by atoms with Gasteiger partial charge in [-0.05, 0) is 32.0 Å². The number of nitrogens with one attached hydrogen (secondary N) is 1. The molecule has 1 N–H and O–H groups in total. The number of amides is 1. The van der Waals surface area contributed by atoms with Gasteiger partial charge in [0.25, 0.3) is 0 Å². The molecule has 0 aromatic carbocycles. The number of carbonyl (C=O) groups excluding carboxylic acids is 1. The largest absolute Gasteiger partial charge is 0.467 e. The lowest BCUT2D eigenvalue weighted by atomic mass is 10.1. The Morgan fingerprint density at radius 2 is 2.15 bits per heavy atom. The number of aryl methyl sites for hydroxylation is 2. The Balaban J connectivity index is 2.11. The van der Waals surface area contributed by atoms with Gasteiger partial charge in [0.2, 0.25) is 5.91 Å². The predicted octanol–water partition coefficient (Wildman–Crippen LogP) is 1.61. The summed E-state index contributed by atoms with van der Waals surface area (Å²) in [5, 5.41) is 11.8. The summed E-state index contributed by atoms with van der Waals surface area (Å²) in [6.07, 6.45) is 1.52. The Kier molecular flexibility index (Phi) is 4.11. The zero-order chi connectivity index (χ0) is 14.5. The van der Waals surface area contributed by atoms with Crippen LogP contribution < -0.4 is 5.32 Å². The van der Waals surface area contributed by atoms with Crippen LogP contribution in [0.5, 0.6) is 0 Å². The van der Waals surface area contributed by atoms with Gasteiger partial charge in [-0.15, -0.1) is 0 Å². The van der Waals surface area contributed by atoms with E-state index in [0.717, 1.165) is 11.4 Å². The SMILES string of the molecule is Cc1cc(C)nc(C(C#N)C(=O)NCc2ccco2)n1. The third kappa shape index (κ3) is 3.20. The minimum absolute atomic E-state index is 0.224. The van der Waals surface area contributed by atoms with Crippen molar-refractivity contribution < 1.29 is 9.21 Å². The lowest BCUT2D eigenvalue weighted by molar-refractivity contribution is -0.121. The van der Waals surface area contributed by atoms with Crippen molar-refractivity contribution in [2.45, 2.75) is 26.3 Å². The van der Waals surface area contributed by atoms with Gasteiger partial charge in [-0.2, -0.15) is 5.26 Å². The second-order valence-electron chi connectivity index (χ2n) is 4.37. The van der Waals surface area contributed by atoms with Gasteiger partial charge < -0.3 is 9.73 Å². The average Bonchev–Trinajstić information content (AvgIpc) is 2.89. The molecule has 2 heterocycles. The van der Waals surface area contributed by atoms with Crippen molar-refractivity contribution in [3.8, 4) is 6.07 Å². The van der Waals surface area contributed by atoms with Gasteiger partial charge in [-0.25, -0.2) is 9.97 Å². The first-order chi connectivity index (χ1) is 9.60. The van der Waals surface area contributed by atoms with E-state index in [2.05, 4.69) is 15.3 Å². The Hall–Kier alpha value is -2.68. The molecule has 6 heteroatoms. The van der Waals surface area contributed by atoms with E-state index in [1.54, 1.807) is 32.0 Å². The second-order valence-corrected chi connectivity index (χ2v) is 4.37. The van der Waals surface area contributed by atoms with Crippen LogP contribution in [-0.2, 0) is 11.3 Å². The molecule has 1 unspecified atom stereocenters. The Morgan fingerprint density at radius 1 is 1.45 bits per heavy atom. The highest BCUT2D eigenvalue weighted by Crippen LogP contribution is 2.12. The lowest BCUT2D eigenvalue weighted by Gasteiger charge is -2.09. The van der Waals surface area contributed by atoms with E-state index in [1.807, 2.05) is 6.07 Å². The van der Waals surface area contributed by atoms with Gasteiger partial charge >= 0.3 is 0 Å². The molecular weight excluding hydrogens is 256 g/mol. The van der Waals surface area contributed by atoms with Crippen molar-refractivity contribution in [2.75, 3.05) is 0 Å². The maximum absolute atomic E-state index is 12.0. The summed E-state index contributed by atoms with van der Waals surface area (Å²) in [7, 11) is 0. The highest BCUT2D eigenvalue weighted by Gasteiger charge is 2.23. The number of rotatable bonds is 4. The standard InChI is InChI=1S/C14H14N4O2/c1-9-6-10(2)18-13(17-9)12(7-15)14(19)16-8-11-4-3-5-20-11/h3-6,12H,8H2,1-2H3,(H,16,19). The van der Waals surface area contributed by atoms with Crippen LogP contribution in [0.4, 0.5) is 0 Å². The lowest BCUT2D eigenvalue weighted by Crippen LogP contribution is -2.29. The smallest absolute Gasteiger partial charge is 0.245 e. The summed E-state index contributed by atoms with van der Waals surface area (Å²) in [5.74, 6) is -0.615. The summed E-state index contributed by atoms with van der Waals surface area (Å²) in [4.78, 5) is 20.3. The van der Waals surface area contributed by atoms with Crippen molar-refractivity contribution in [3.63, 3.8) is 0 Å². The summed E-state index contributed by atoms with van der Waals surface area (Å²) in [6, 6.07) is 7.20. The third-order valence-electron chi connectivity index (χ3n) is 2.67. The molecule has 20 heavy (non-hydrogen) atoms. The number of aromatic nitrogens is 2. The minimum atomic E-state index is -1.02. The van der Waals surface area contributed by atoms with Gasteiger partial charge in [0.1, 0.15) is 5.76 Å². The molecule has 0 radical (unpaired) electrons. The maximum atomic E-state index is 12.0. The summed E-state index contributed by atoms with van der Waals surface area (Å²) >= 11 is 0. The summed E-state index contributed by atoms with van der Waals surface area (Å²) in [5.41, 5.74) is 1.46. The molecule has 2 aromatic heterocycles. The first-order valence-corrected chi connectivity index (χ1v) is 6.12. The van der Waals surface area contributed by atoms with E-state index in [-0.39, 0.29) is 12.4 Å². The zero-order valence-electron chi connectivity index (χ0n) is 11.3. The molecule has 0 spiro atoms. The molecule has 1 atom stereocenters. The van der Waals surface area contributed by atoms with E-state index in [4.69, 9.17) is 4.42 Å². The van der Waals surface area contributed by atoms with Gasteiger partial charge in [0, 0.05) is 11.4 Å². The molecule has 0 saturated heterocycles. The summed E-state index contributed by atoms with van der Waals surface area (Å²) < 4.78 is 5.11. The van der Waals surface area contributed by atoms with Crippen LogP contribution in [0.1, 0.15) is 28.9 Å². The minimum Gasteiger partial charge on any atom is -0.467 e. The van der Waals surface area contributed by atoms with Crippen molar-refractivity contribution in [2.24, 2.45) is 0 Å².